The molecule has 0 N–H and O–H groups in total. The number of benzene rings is 5. The van der Waals surface area contributed by atoms with E-state index >= 15 is 0 Å². The molecule has 204 valence electrons. The van der Waals surface area contributed by atoms with Crippen molar-refractivity contribution in [2.24, 2.45) is 0 Å². The van der Waals surface area contributed by atoms with E-state index in [1.165, 1.54) is 56.3 Å². The molecular weight excluding hydrogens is 531 g/mol. The van der Waals surface area contributed by atoms with Gasteiger partial charge in [-0.05, 0) is 87.4 Å². The molecule has 4 heteroatoms. The zero-order valence-electron chi connectivity index (χ0n) is 24.2. The van der Waals surface area contributed by atoms with Gasteiger partial charge >= 0.3 is 0 Å². The minimum Gasteiger partial charge on any atom is -0.310 e. The molecular formula is C38H31N3S. The molecule has 3 nitrogen and oxygen atoms in total. The Morgan fingerprint density at radius 1 is 0.548 bits per heavy atom. The molecule has 0 spiro atoms. The first-order valence-electron chi connectivity index (χ1n) is 14.5. The van der Waals surface area contributed by atoms with Crippen molar-refractivity contribution in [3.05, 3.63) is 138 Å². The van der Waals surface area contributed by atoms with Crippen molar-refractivity contribution in [1.29, 1.82) is 0 Å². The molecule has 42 heavy (non-hydrogen) atoms. The van der Waals surface area contributed by atoms with E-state index in [0.29, 0.717) is 0 Å². The van der Waals surface area contributed by atoms with Crippen molar-refractivity contribution in [2.75, 3.05) is 4.90 Å². The molecule has 0 bridgehead atoms. The highest BCUT2D eigenvalue weighted by Gasteiger charge is 2.37. The summed E-state index contributed by atoms with van der Waals surface area (Å²) in [5.41, 5.74) is 13.7. The molecule has 8 rings (SSSR count). The van der Waals surface area contributed by atoms with E-state index < -0.39 is 0 Å². The summed E-state index contributed by atoms with van der Waals surface area (Å²) in [7, 11) is 0. The lowest BCUT2D eigenvalue weighted by atomic mass is 9.73. The molecule has 5 aromatic carbocycles. The predicted octanol–water partition coefficient (Wildman–Crippen LogP) is 10.3. The number of fused-ring (bicyclic) bond motifs is 5. The Kier molecular flexibility index (Phi) is 5.38. The topological polar surface area (TPSA) is 29.0 Å². The van der Waals surface area contributed by atoms with Crippen LogP contribution in [0.25, 0.3) is 33.1 Å². The van der Waals surface area contributed by atoms with E-state index in [4.69, 9.17) is 9.36 Å². The smallest absolute Gasteiger partial charge is 0.173 e. The van der Waals surface area contributed by atoms with Crippen LogP contribution in [0.15, 0.2) is 115 Å². The van der Waals surface area contributed by atoms with Gasteiger partial charge in [-0.1, -0.05) is 100 Å². The van der Waals surface area contributed by atoms with Crippen molar-refractivity contribution in [3.8, 4) is 33.1 Å². The van der Waals surface area contributed by atoms with Crippen LogP contribution >= 0.6 is 11.5 Å². The Morgan fingerprint density at radius 2 is 1.10 bits per heavy atom. The number of nitrogens with zero attached hydrogens (tertiary/aromatic N) is 3. The molecule has 0 unspecified atom stereocenters. The fourth-order valence-corrected chi connectivity index (χ4v) is 7.68. The molecule has 1 aliphatic carbocycles. The second-order valence-electron chi connectivity index (χ2n) is 12.4. The molecule has 1 aliphatic heterocycles. The first-order chi connectivity index (χ1) is 20.3. The SMILES string of the molecule is CC1(C)c2ccccc2-c2ccc(-c3nc(-c4ccc(N5c6ccccc6C(C)(C)c6ccccc65)cc4)ns3)cc21. The van der Waals surface area contributed by atoms with Gasteiger partial charge in [0.15, 0.2) is 5.82 Å². The molecule has 0 amide bonds. The van der Waals surface area contributed by atoms with Crippen LogP contribution < -0.4 is 4.90 Å². The Morgan fingerprint density at radius 3 is 1.79 bits per heavy atom. The van der Waals surface area contributed by atoms with Gasteiger partial charge in [-0.3, -0.25) is 0 Å². The molecule has 0 fully saturated rings. The third kappa shape index (κ3) is 3.58. The monoisotopic (exact) mass is 561 g/mol. The quantitative estimate of drug-likeness (QED) is 0.215. The molecule has 0 radical (unpaired) electrons. The molecule has 0 saturated carbocycles. The maximum atomic E-state index is 5.00. The van der Waals surface area contributed by atoms with Gasteiger partial charge in [0.1, 0.15) is 5.01 Å². The van der Waals surface area contributed by atoms with E-state index in [0.717, 1.165) is 27.6 Å². The van der Waals surface area contributed by atoms with Crippen molar-refractivity contribution < 1.29 is 0 Å². The zero-order valence-corrected chi connectivity index (χ0v) is 25.0. The normalized spacial score (nSPS) is 15.5. The number of hydrogen-bond acceptors (Lipinski definition) is 4. The van der Waals surface area contributed by atoms with E-state index in [2.05, 4.69) is 148 Å². The molecule has 0 atom stereocenters. The first-order valence-corrected chi connectivity index (χ1v) is 15.3. The Bertz CT molecular complexity index is 1950. The summed E-state index contributed by atoms with van der Waals surface area (Å²) in [6.45, 7) is 9.26. The molecule has 6 aromatic rings. The maximum absolute atomic E-state index is 5.00. The summed E-state index contributed by atoms with van der Waals surface area (Å²) in [4.78, 5) is 7.38. The van der Waals surface area contributed by atoms with Gasteiger partial charge in [0.2, 0.25) is 0 Å². The van der Waals surface area contributed by atoms with Gasteiger partial charge in [-0.2, -0.15) is 4.37 Å². The fourth-order valence-electron chi connectivity index (χ4n) is 7.00. The van der Waals surface area contributed by atoms with Gasteiger partial charge in [0, 0.05) is 27.6 Å². The second kappa shape index (κ2) is 8.98. The van der Waals surface area contributed by atoms with Gasteiger partial charge in [-0.15, -0.1) is 0 Å². The predicted molar refractivity (Wildman–Crippen MR) is 175 cm³/mol. The molecule has 1 aromatic heterocycles. The summed E-state index contributed by atoms with van der Waals surface area (Å²) in [5, 5.41) is 0.949. The van der Waals surface area contributed by atoms with E-state index in [-0.39, 0.29) is 10.8 Å². The average molecular weight is 562 g/mol. The third-order valence-corrected chi connectivity index (χ3v) is 10.0. The van der Waals surface area contributed by atoms with Crippen LogP contribution in [0.5, 0.6) is 0 Å². The van der Waals surface area contributed by atoms with E-state index in [1.54, 1.807) is 0 Å². The minimum atomic E-state index is -0.0693. The molecule has 2 aliphatic rings. The number of rotatable bonds is 3. The van der Waals surface area contributed by atoms with Crippen molar-refractivity contribution >= 4 is 28.6 Å². The number of para-hydroxylation sites is 2. The highest BCUT2D eigenvalue weighted by atomic mass is 32.1. The van der Waals surface area contributed by atoms with Crippen LogP contribution in [-0.2, 0) is 10.8 Å². The standard InChI is InChI=1S/C38H31N3S/c1-37(2)29-12-6-5-11-27(29)28-22-19-25(23-32(28)37)36-39-35(40-42-36)24-17-20-26(21-18-24)41-33-15-9-7-13-30(33)38(3,4)31-14-8-10-16-34(31)41/h5-23H,1-4H3. The van der Waals surface area contributed by atoms with Crippen LogP contribution in [0.2, 0.25) is 0 Å². The second-order valence-corrected chi connectivity index (χ2v) is 13.1. The van der Waals surface area contributed by atoms with E-state index in [1.807, 2.05) is 0 Å². The zero-order chi connectivity index (χ0) is 28.6. The van der Waals surface area contributed by atoms with Gasteiger partial charge in [0.05, 0.1) is 11.4 Å². The van der Waals surface area contributed by atoms with Crippen LogP contribution in [0, 0.1) is 0 Å². The minimum absolute atomic E-state index is 0.0355. The summed E-state index contributed by atoms with van der Waals surface area (Å²) < 4.78 is 4.78. The van der Waals surface area contributed by atoms with Crippen molar-refractivity contribution in [2.45, 2.75) is 38.5 Å². The van der Waals surface area contributed by atoms with Crippen molar-refractivity contribution in [1.82, 2.24) is 9.36 Å². The lowest BCUT2D eigenvalue weighted by Gasteiger charge is -2.42. The fraction of sp³-hybridized carbons (Fsp3) is 0.158. The number of anilines is 3. The number of hydrogen-bond donors (Lipinski definition) is 0. The van der Waals surface area contributed by atoms with Gasteiger partial charge in [-0.25, -0.2) is 4.98 Å². The highest BCUT2D eigenvalue weighted by Crippen LogP contribution is 2.52. The van der Waals surface area contributed by atoms with Crippen LogP contribution in [0.3, 0.4) is 0 Å². The molecule has 0 saturated heterocycles. The first kappa shape index (κ1) is 25.2. The summed E-state index contributed by atoms with van der Waals surface area (Å²) in [6, 6.07) is 41.7. The maximum Gasteiger partial charge on any atom is 0.173 e. The lowest BCUT2D eigenvalue weighted by molar-refractivity contribution is 0.632. The van der Waals surface area contributed by atoms with Crippen LogP contribution in [-0.4, -0.2) is 9.36 Å². The van der Waals surface area contributed by atoms with Crippen LogP contribution in [0.1, 0.15) is 49.9 Å². The Labute approximate surface area is 251 Å². The van der Waals surface area contributed by atoms with Gasteiger partial charge < -0.3 is 4.90 Å². The molecule has 2 heterocycles. The number of aromatic nitrogens is 2. The Hall–Kier alpha value is -4.54. The summed E-state index contributed by atoms with van der Waals surface area (Å²) in [5.74, 6) is 0.769. The van der Waals surface area contributed by atoms with Crippen molar-refractivity contribution in [3.63, 3.8) is 0 Å². The van der Waals surface area contributed by atoms with Crippen LogP contribution in [0.4, 0.5) is 17.1 Å². The summed E-state index contributed by atoms with van der Waals surface area (Å²) >= 11 is 1.47. The highest BCUT2D eigenvalue weighted by molar-refractivity contribution is 7.09. The third-order valence-electron chi connectivity index (χ3n) is 9.28. The lowest BCUT2D eigenvalue weighted by Crippen LogP contribution is -2.30. The van der Waals surface area contributed by atoms with E-state index in [9.17, 15) is 0 Å². The largest absolute Gasteiger partial charge is 0.310 e. The Balaban J connectivity index is 1.13. The van der Waals surface area contributed by atoms with Gasteiger partial charge in [0.25, 0.3) is 0 Å². The summed E-state index contributed by atoms with van der Waals surface area (Å²) in [6.07, 6.45) is 0. The average Bonchev–Trinajstić information content (AvgIpc) is 3.60.